The summed E-state index contributed by atoms with van der Waals surface area (Å²) in [6.07, 6.45) is 7.65. The Morgan fingerprint density at radius 3 is 2.81 bits per heavy atom. The van der Waals surface area contributed by atoms with Crippen molar-refractivity contribution >= 4 is 5.91 Å². The number of carbonyl (C=O) groups excluding carboxylic acids is 1. The summed E-state index contributed by atoms with van der Waals surface area (Å²) in [6.45, 7) is 4.79. The normalized spacial score (nSPS) is 17.0. The lowest BCUT2D eigenvalue weighted by Crippen LogP contribution is -2.30. The quantitative estimate of drug-likeness (QED) is 0.730. The summed E-state index contributed by atoms with van der Waals surface area (Å²) in [5.41, 5.74) is 3.81. The van der Waals surface area contributed by atoms with E-state index in [2.05, 4.69) is 10.1 Å². The van der Waals surface area contributed by atoms with Gasteiger partial charge in [0.05, 0.1) is 17.8 Å². The van der Waals surface area contributed by atoms with E-state index in [9.17, 15) is 4.79 Å². The topological polar surface area (TPSA) is 56.0 Å². The van der Waals surface area contributed by atoms with Gasteiger partial charge in [-0.05, 0) is 44.9 Å². The summed E-state index contributed by atoms with van der Waals surface area (Å²) < 4.78 is 3.84. The van der Waals surface area contributed by atoms with Crippen LogP contribution in [0.5, 0.6) is 0 Å². The molecule has 1 fully saturated rings. The second kappa shape index (κ2) is 6.44. The maximum Gasteiger partial charge on any atom is 0.256 e. The first-order valence-electron chi connectivity index (χ1n) is 8.96. The van der Waals surface area contributed by atoms with Crippen molar-refractivity contribution in [2.45, 2.75) is 32.7 Å². The highest BCUT2D eigenvalue weighted by Gasteiger charge is 2.33. The largest absolute Gasteiger partial charge is 0.331 e. The standard InChI is InChI=1S/C20H23N5O/c1-14-11-17(15(2)25(14)19-8-4-5-9-21-19)20(26)24-10-6-7-18(24)16-12-22-23(3)13-16/h4-5,8-9,11-13,18H,6-7,10H2,1-3H3. The van der Waals surface area contributed by atoms with E-state index in [1.54, 1.807) is 10.9 Å². The van der Waals surface area contributed by atoms with Gasteiger partial charge >= 0.3 is 0 Å². The van der Waals surface area contributed by atoms with Crippen molar-refractivity contribution in [2.24, 2.45) is 7.05 Å². The zero-order chi connectivity index (χ0) is 18.3. The number of pyridine rings is 1. The zero-order valence-electron chi connectivity index (χ0n) is 15.4. The van der Waals surface area contributed by atoms with E-state index in [1.807, 2.05) is 67.0 Å². The van der Waals surface area contributed by atoms with Crippen molar-refractivity contribution in [1.29, 1.82) is 0 Å². The van der Waals surface area contributed by atoms with Crippen molar-refractivity contribution in [1.82, 2.24) is 24.2 Å². The Morgan fingerprint density at radius 2 is 2.12 bits per heavy atom. The number of amides is 1. The summed E-state index contributed by atoms with van der Waals surface area (Å²) in [6, 6.07) is 7.90. The fourth-order valence-corrected chi connectivity index (χ4v) is 3.94. The van der Waals surface area contributed by atoms with Crippen LogP contribution in [0.1, 0.15) is 46.2 Å². The van der Waals surface area contributed by atoms with E-state index in [1.165, 1.54) is 0 Å². The average Bonchev–Trinajstić information content (AvgIpc) is 3.34. The molecule has 0 N–H and O–H groups in total. The van der Waals surface area contributed by atoms with Crippen molar-refractivity contribution in [2.75, 3.05) is 6.54 Å². The van der Waals surface area contributed by atoms with Gasteiger partial charge in [-0.25, -0.2) is 4.98 Å². The molecule has 3 aromatic heterocycles. The number of hydrogen-bond acceptors (Lipinski definition) is 3. The van der Waals surface area contributed by atoms with Crippen LogP contribution in [0.2, 0.25) is 0 Å². The first-order chi connectivity index (χ1) is 12.6. The molecule has 0 saturated carbocycles. The summed E-state index contributed by atoms with van der Waals surface area (Å²) in [4.78, 5) is 19.7. The van der Waals surface area contributed by atoms with Gasteiger partial charge in [-0.2, -0.15) is 5.10 Å². The van der Waals surface area contributed by atoms with Crippen LogP contribution in [0.15, 0.2) is 42.9 Å². The highest BCUT2D eigenvalue weighted by Crippen LogP contribution is 2.34. The van der Waals surface area contributed by atoms with Crippen LogP contribution < -0.4 is 0 Å². The number of hydrogen-bond donors (Lipinski definition) is 0. The van der Waals surface area contributed by atoms with Crippen LogP contribution in [0.3, 0.4) is 0 Å². The molecule has 1 amide bonds. The lowest BCUT2D eigenvalue weighted by atomic mass is 10.1. The van der Waals surface area contributed by atoms with Crippen molar-refractivity contribution < 1.29 is 4.79 Å². The molecule has 26 heavy (non-hydrogen) atoms. The minimum absolute atomic E-state index is 0.0895. The van der Waals surface area contributed by atoms with E-state index in [-0.39, 0.29) is 11.9 Å². The van der Waals surface area contributed by atoms with Gasteiger partial charge in [-0.1, -0.05) is 6.07 Å². The van der Waals surface area contributed by atoms with Gasteiger partial charge in [0.25, 0.3) is 5.91 Å². The number of aryl methyl sites for hydroxylation is 2. The predicted octanol–water partition coefficient (Wildman–Crippen LogP) is 3.20. The Kier molecular flexibility index (Phi) is 4.11. The Balaban J connectivity index is 1.68. The third kappa shape index (κ3) is 2.71. The molecular formula is C20H23N5O. The minimum Gasteiger partial charge on any atom is -0.331 e. The van der Waals surface area contributed by atoms with E-state index in [4.69, 9.17) is 0 Å². The number of likely N-dealkylation sites (tertiary alicyclic amines) is 1. The lowest BCUT2D eigenvalue weighted by Gasteiger charge is -2.24. The number of carbonyl (C=O) groups is 1. The van der Waals surface area contributed by atoms with Gasteiger partial charge in [0.1, 0.15) is 5.82 Å². The minimum atomic E-state index is 0.0895. The Hall–Kier alpha value is -2.89. The van der Waals surface area contributed by atoms with Crippen molar-refractivity contribution in [3.05, 3.63) is 65.4 Å². The molecule has 6 heteroatoms. The fraction of sp³-hybridized carbons (Fsp3) is 0.350. The molecule has 0 radical (unpaired) electrons. The zero-order valence-corrected chi connectivity index (χ0v) is 15.4. The van der Waals surface area contributed by atoms with Gasteiger partial charge in [0.2, 0.25) is 0 Å². The molecule has 1 unspecified atom stereocenters. The Morgan fingerprint density at radius 1 is 1.27 bits per heavy atom. The molecule has 0 aromatic carbocycles. The SMILES string of the molecule is Cc1cc(C(=O)N2CCCC2c2cnn(C)c2)c(C)n1-c1ccccn1. The van der Waals surface area contributed by atoms with E-state index < -0.39 is 0 Å². The molecule has 1 saturated heterocycles. The first-order valence-corrected chi connectivity index (χ1v) is 8.96. The molecule has 0 aliphatic carbocycles. The Bertz CT molecular complexity index is 941. The highest BCUT2D eigenvalue weighted by atomic mass is 16.2. The highest BCUT2D eigenvalue weighted by molar-refractivity contribution is 5.96. The summed E-state index contributed by atoms with van der Waals surface area (Å²) in [5.74, 6) is 0.929. The predicted molar refractivity (Wildman–Crippen MR) is 99.3 cm³/mol. The molecule has 0 bridgehead atoms. The van der Waals surface area contributed by atoms with Gasteiger partial charge in [0.15, 0.2) is 0 Å². The van der Waals surface area contributed by atoms with Crippen LogP contribution in [0, 0.1) is 13.8 Å². The molecule has 4 rings (SSSR count). The first kappa shape index (κ1) is 16.6. The average molecular weight is 349 g/mol. The van der Waals surface area contributed by atoms with Crippen LogP contribution >= 0.6 is 0 Å². The van der Waals surface area contributed by atoms with Crippen molar-refractivity contribution in [3.63, 3.8) is 0 Å². The molecular weight excluding hydrogens is 326 g/mol. The van der Waals surface area contributed by atoms with Crippen LogP contribution in [-0.2, 0) is 7.05 Å². The fourth-order valence-electron chi connectivity index (χ4n) is 3.94. The number of aromatic nitrogens is 4. The summed E-state index contributed by atoms with van der Waals surface area (Å²) in [7, 11) is 1.91. The maximum absolute atomic E-state index is 13.3. The smallest absolute Gasteiger partial charge is 0.256 e. The number of rotatable bonds is 3. The van der Waals surface area contributed by atoms with E-state index in [0.717, 1.165) is 47.7 Å². The van der Waals surface area contributed by atoms with Crippen LogP contribution in [-0.4, -0.2) is 36.7 Å². The van der Waals surface area contributed by atoms with Gasteiger partial charge in [-0.3, -0.25) is 9.48 Å². The summed E-state index contributed by atoms with van der Waals surface area (Å²) in [5, 5.41) is 4.27. The van der Waals surface area contributed by atoms with Gasteiger partial charge in [0, 0.05) is 42.9 Å². The second-order valence-corrected chi connectivity index (χ2v) is 6.91. The monoisotopic (exact) mass is 349 g/mol. The van der Waals surface area contributed by atoms with Crippen molar-refractivity contribution in [3.8, 4) is 5.82 Å². The van der Waals surface area contributed by atoms with E-state index >= 15 is 0 Å². The molecule has 6 nitrogen and oxygen atoms in total. The summed E-state index contributed by atoms with van der Waals surface area (Å²) >= 11 is 0. The molecule has 4 heterocycles. The van der Waals surface area contributed by atoms with Gasteiger partial charge in [-0.15, -0.1) is 0 Å². The number of nitrogens with zero attached hydrogens (tertiary/aromatic N) is 5. The molecule has 1 atom stereocenters. The lowest BCUT2D eigenvalue weighted by molar-refractivity contribution is 0.0735. The Labute approximate surface area is 153 Å². The van der Waals surface area contributed by atoms with E-state index in [0.29, 0.717) is 0 Å². The van der Waals surface area contributed by atoms with Gasteiger partial charge < -0.3 is 9.47 Å². The molecule has 134 valence electrons. The van der Waals surface area contributed by atoms with Crippen LogP contribution in [0.4, 0.5) is 0 Å². The molecule has 1 aliphatic rings. The van der Waals surface area contributed by atoms with Crippen LogP contribution in [0.25, 0.3) is 5.82 Å². The molecule has 1 aliphatic heterocycles. The molecule has 3 aromatic rings. The second-order valence-electron chi connectivity index (χ2n) is 6.91. The molecule has 0 spiro atoms. The maximum atomic E-state index is 13.3. The third-order valence-corrected chi connectivity index (χ3v) is 5.16. The third-order valence-electron chi connectivity index (χ3n) is 5.16.